The smallest absolute Gasteiger partial charge is 0.193 e. The first-order valence-electron chi connectivity index (χ1n) is 8.63. The maximum atomic E-state index is 6.06. The van der Waals surface area contributed by atoms with Crippen LogP contribution in [0.2, 0.25) is 0 Å². The third-order valence-electron chi connectivity index (χ3n) is 5.65. The highest BCUT2D eigenvalue weighted by molar-refractivity contribution is 9.10. The van der Waals surface area contributed by atoms with Crippen molar-refractivity contribution < 1.29 is 9.47 Å². The van der Waals surface area contributed by atoms with Crippen molar-refractivity contribution in [2.45, 2.75) is 31.6 Å². The molecule has 130 valence electrons. The minimum Gasteiger partial charge on any atom is -0.497 e. The van der Waals surface area contributed by atoms with E-state index in [1.807, 2.05) is 19.2 Å². The molecule has 0 amide bonds. The molecule has 6 heteroatoms. The summed E-state index contributed by atoms with van der Waals surface area (Å²) in [5.41, 5.74) is 1.17. The van der Waals surface area contributed by atoms with E-state index >= 15 is 0 Å². The van der Waals surface area contributed by atoms with Crippen molar-refractivity contribution in [2.24, 2.45) is 16.8 Å². The molecule has 4 rings (SSSR count). The van der Waals surface area contributed by atoms with Crippen LogP contribution in [0, 0.1) is 11.8 Å². The highest BCUT2D eigenvalue weighted by Gasteiger charge is 2.53. The van der Waals surface area contributed by atoms with E-state index in [9.17, 15) is 0 Å². The van der Waals surface area contributed by atoms with Crippen LogP contribution in [0.1, 0.15) is 18.4 Å². The topological polar surface area (TPSA) is 46.1 Å². The van der Waals surface area contributed by atoms with Gasteiger partial charge in [0, 0.05) is 43.0 Å². The van der Waals surface area contributed by atoms with E-state index in [1.165, 1.54) is 18.4 Å². The number of rotatable bonds is 3. The summed E-state index contributed by atoms with van der Waals surface area (Å²) in [7, 11) is 3.56. The number of nitrogens with one attached hydrogen (secondary N) is 1. The second-order valence-corrected chi connectivity index (χ2v) is 7.74. The van der Waals surface area contributed by atoms with Gasteiger partial charge in [-0.2, -0.15) is 0 Å². The van der Waals surface area contributed by atoms with Crippen LogP contribution in [-0.2, 0) is 11.3 Å². The lowest BCUT2D eigenvalue weighted by Crippen LogP contribution is -2.41. The molecule has 5 nitrogen and oxygen atoms in total. The van der Waals surface area contributed by atoms with Crippen LogP contribution in [-0.4, -0.2) is 50.3 Å². The molecular formula is C18H24BrN3O2. The average Bonchev–Trinajstić information content (AvgIpc) is 3.29. The van der Waals surface area contributed by atoms with E-state index in [0.29, 0.717) is 24.0 Å². The van der Waals surface area contributed by atoms with Crippen molar-refractivity contribution in [3.8, 4) is 5.75 Å². The third kappa shape index (κ3) is 2.80. The van der Waals surface area contributed by atoms with Gasteiger partial charge in [0.2, 0.25) is 0 Å². The van der Waals surface area contributed by atoms with Crippen LogP contribution in [0.25, 0.3) is 0 Å². The number of aliphatic imine (C=N–C) groups is 1. The normalized spacial score (nSPS) is 31.5. The molecule has 1 aromatic rings. The van der Waals surface area contributed by atoms with Crippen molar-refractivity contribution >= 4 is 21.9 Å². The molecule has 3 aliphatic rings. The summed E-state index contributed by atoms with van der Waals surface area (Å²) in [5.74, 6) is 3.23. The van der Waals surface area contributed by atoms with E-state index in [-0.39, 0.29) is 0 Å². The van der Waals surface area contributed by atoms with Crippen LogP contribution in [0.5, 0.6) is 5.75 Å². The molecule has 0 aliphatic carbocycles. The summed E-state index contributed by atoms with van der Waals surface area (Å²) in [6.07, 6.45) is 3.44. The standard InChI is InChI=1S/C18H24BrN3O2/c1-20-18(21-8-11-7-12(23-2)3-4-15(11)19)22-9-13-14(10-22)17-6-5-16(13)24-17/h3-4,7,13-14,16-17H,5-6,8-10H2,1-2H3,(H,20,21). The summed E-state index contributed by atoms with van der Waals surface area (Å²) < 4.78 is 12.5. The van der Waals surface area contributed by atoms with Gasteiger partial charge in [-0.15, -0.1) is 0 Å². The number of likely N-dealkylation sites (tertiary alicyclic amines) is 1. The molecule has 0 saturated carbocycles. The number of ether oxygens (including phenoxy) is 2. The Morgan fingerprint density at radius 2 is 2.04 bits per heavy atom. The van der Waals surface area contributed by atoms with Gasteiger partial charge in [0.05, 0.1) is 19.3 Å². The average molecular weight is 394 g/mol. The summed E-state index contributed by atoms with van der Waals surface area (Å²) in [6, 6.07) is 6.03. The molecule has 0 radical (unpaired) electrons. The number of guanidine groups is 1. The molecule has 1 N–H and O–H groups in total. The second-order valence-electron chi connectivity index (χ2n) is 6.88. The maximum absolute atomic E-state index is 6.06. The Bertz CT molecular complexity index is 633. The first-order chi connectivity index (χ1) is 11.7. The number of hydrogen-bond acceptors (Lipinski definition) is 3. The number of methoxy groups -OCH3 is 1. The Morgan fingerprint density at radius 1 is 1.33 bits per heavy atom. The largest absolute Gasteiger partial charge is 0.497 e. The van der Waals surface area contributed by atoms with Crippen molar-refractivity contribution in [3.63, 3.8) is 0 Å². The fourth-order valence-corrected chi connectivity index (χ4v) is 4.84. The van der Waals surface area contributed by atoms with Gasteiger partial charge in [-0.3, -0.25) is 4.99 Å². The first kappa shape index (κ1) is 16.2. The van der Waals surface area contributed by atoms with E-state index in [4.69, 9.17) is 9.47 Å². The number of nitrogens with zero attached hydrogens (tertiary/aromatic N) is 2. The first-order valence-corrected chi connectivity index (χ1v) is 9.42. The highest BCUT2D eigenvalue weighted by atomic mass is 79.9. The van der Waals surface area contributed by atoms with Gasteiger partial charge in [-0.1, -0.05) is 15.9 Å². The molecule has 0 spiro atoms. The van der Waals surface area contributed by atoms with Gasteiger partial charge in [-0.25, -0.2) is 0 Å². The minimum atomic E-state index is 0.482. The van der Waals surface area contributed by atoms with Gasteiger partial charge in [0.1, 0.15) is 5.75 Å². The SMILES string of the molecule is CN=C(NCc1cc(OC)ccc1Br)N1CC2C3CCC(O3)C2C1. The van der Waals surface area contributed by atoms with Crippen molar-refractivity contribution in [1.29, 1.82) is 0 Å². The van der Waals surface area contributed by atoms with Crippen LogP contribution < -0.4 is 10.1 Å². The fraction of sp³-hybridized carbons (Fsp3) is 0.611. The molecule has 0 aromatic heterocycles. The van der Waals surface area contributed by atoms with Gasteiger partial charge in [-0.05, 0) is 36.6 Å². The van der Waals surface area contributed by atoms with E-state index in [1.54, 1.807) is 7.11 Å². The van der Waals surface area contributed by atoms with Crippen LogP contribution in [0.4, 0.5) is 0 Å². The van der Waals surface area contributed by atoms with Crippen LogP contribution in [0.3, 0.4) is 0 Å². The number of halogens is 1. The lowest BCUT2D eigenvalue weighted by atomic mass is 9.82. The van der Waals surface area contributed by atoms with Gasteiger partial charge < -0.3 is 19.7 Å². The van der Waals surface area contributed by atoms with E-state index in [2.05, 4.69) is 37.2 Å². The predicted octanol–water partition coefficient (Wildman–Crippen LogP) is 2.64. The van der Waals surface area contributed by atoms with Gasteiger partial charge >= 0.3 is 0 Å². The fourth-order valence-electron chi connectivity index (χ4n) is 4.45. The quantitative estimate of drug-likeness (QED) is 0.633. The molecule has 3 saturated heterocycles. The monoisotopic (exact) mass is 393 g/mol. The van der Waals surface area contributed by atoms with E-state index in [0.717, 1.165) is 35.8 Å². The van der Waals surface area contributed by atoms with E-state index < -0.39 is 0 Å². The lowest BCUT2D eigenvalue weighted by molar-refractivity contribution is 0.0767. The predicted molar refractivity (Wildman–Crippen MR) is 97.3 cm³/mol. The Labute approximate surface area is 151 Å². The van der Waals surface area contributed by atoms with Crippen molar-refractivity contribution in [1.82, 2.24) is 10.2 Å². The molecule has 2 bridgehead atoms. The molecule has 3 heterocycles. The maximum Gasteiger partial charge on any atom is 0.193 e. The zero-order chi connectivity index (χ0) is 16.7. The molecule has 4 unspecified atom stereocenters. The zero-order valence-corrected chi connectivity index (χ0v) is 15.8. The van der Waals surface area contributed by atoms with Gasteiger partial charge in [0.25, 0.3) is 0 Å². The molecule has 24 heavy (non-hydrogen) atoms. The Balaban J connectivity index is 1.41. The van der Waals surface area contributed by atoms with Gasteiger partial charge in [0.15, 0.2) is 5.96 Å². The molecular weight excluding hydrogens is 370 g/mol. The molecule has 4 atom stereocenters. The molecule has 1 aromatic carbocycles. The summed E-state index contributed by atoms with van der Waals surface area (Å²) >= 11 is 3.61. The highest BCUT2D eigenvalue weighted by Crippen LogP contribution is 2.47. The number of fused-ring (bicyclic) bond motifs is 5. The Morgan fingerprint density at radius 3 is 2.67 bits per heavy atom. The Hall–Kier alpha value is -1.27. The third-order valence-corrected chi connectivity index (χ3v) is 6.43. The zero-order valence-electron chi connectivity index (χ0n) is 14.2. The van der Waals surface area contributed by atoms with Crippen molar-refractivity contribution in [3.05, 3.63) is 28.2 Å². The van der Waals surface area contributed by atoms with Crippen LogP contribution in [0.15, 0.2) is 27.7 Å². The summed E-state index contributed by atoms with van der Waals surface area (Å²) in [4.78, 5) is 6.90. The lowest BCUT2D eigenvalue weighted by Gasteiger charge is -2.23. The van der Waals surface area contributed by atoms with Crippen LogP contribution >= 0.6 is 15.9 Å². The molecule has 3 fully saturated rings. The minimum absolute atomic E-state index is 0.482. The number of hydrogen-bond donors (Lipinski definition) is 1. The van der Waals surface area contributed by atoms with Crippen molar-refractivity contribution in [2.75, 3.05) is 27.2 Å². The number of benzene rings is 1. The summed E-state index contributed by atoms with van der Waals surface area (Å²) in [6.45, 7) is 2.84. The molecule has 3 aliphatic heterocycles. The summed E-state index contributed by atoms with van der Waals surface area (Å²) in [5, 5.41) is 3.51. The second kappa shape index (κ2) is 6.56. The Kier molecular flexibility index (Phi) is 4.43.